The Hall–Kier alpha value is -2.64. The topological polar surface area (TPSA) is 74.6 Å². The molecular formula is C29H37N3O3S. The van der Waals surface area contributed by atoms with Crippen molar-refractivity contribution in [1.29, 1.82) is 0 Å². The Balaban J connectivity index is 1.54. The van der Waals surface area contributed by atoms with Crippen LogP contribution in [0.25, 0.3) is 21.5 Å². The summed E-state index contributed by atoms with van der Waals surface area (Å²) in [4.78, 5) is 28.9. The molecule has 2 aromatic heterocycles. The van der Waals surface area contributed by atoms with Gasteiger partial charge in [-0.2, -0.15) is 0 Å². The Labute approximate surface area is 217 Å². The van der Waals surface area contributed by atoms with E-state index in [1.807, 2.05) is 24.3 Å². The zero-order valence-corrected chi connectivity index (χ0v) is 22.2. The highest BCUT2D eigenvalue weighted by Gasteiger charge is 2.30. The lowest BCUT2D eigenvalue weighted by atomic mass is 9.82. The van der Waals surface area contributed by atoms with Crippen LogP contribution in [-0.2, 0) is 11.3 Å². The predicted octanol–water partition coefficient (Wildman–Crippen LogP) is 5.96. The van der Waals surface area contributed by atoms with Gasteiger partial charge >= 0.3 is 5.97 Å². The van der Waals surface area contributed by atoms with E-state index in [4.69, 9.17) is 0 Å². The first-order valence-corrected chi connectivity index (χ1v) is 14.2. The predicted molar refractivity (Wildman–Crippen MR) is 146 cm³/mol. The summed E-state index contributed by atoms with van der Waals surface area (Å²) in [5, 5.41) is 14.1. The molecule has 5 rings (SSSR count). The third-order valence-corrected chi connectivity index (χ3v) is 9.25. The van der Waals surface area contributed by atoms with Crippen molar-refractivity contribution in [2.75, 3.05) is 20.1 Å². The van der Waals surface area contributed by atoms with Gasteiger partial charge in [0.05, 0.1) is 5.69 Å². The minimum atomic E-state index is -0.905. The van der Waals surface area contributed by atoms with Crippen molar-refractivity contribution in [1.82, 2.24) is 14.8 Å². The summed E-state index contributed by atoms with van der Waals surface area (Å²) in [5.74, 6) is -0.0822. The maximum atomic E-state index is 13.4. The fraction of sp³-hybridized carbons (Fsp3) is 0.517. The van der Waals surface area contributed by atoms with Crippen molar-refractivity contribution in [2.45, 2.75) is 70.4 Å². The van der Waals surface area contributed by atoms with Crippen molar-refractivity contribution < 1.29 is 14.7 Å². The molecule has 6 nitrogen and oxygen atoms in total. The number of aromatic carboxylic acids is 1. The van der Waals surface area contributed by atoms with Crippen molar-refractivity contribution in [3.05, 3.63) is 46.8 Å². The van der Waals surface area contributed by atoms with Gasteiger partial charge < -0.3 is 19.9 Å². The SMILES string of the molecule is CC(NC(=O)Cn1c(-c2ccccc2)c(C2CCCCC2)c2cc(C(=O)O)sc21)C1CCCN(C)C1. The van der Waals surface area contributed by atoms with Gasteiger partial charge in [0.2, 0.25) is 5.91 Å². The molecule has 2 atom stereocenters. The van der Waals surface area contributed by atoms with Crippen LogP contribution >= 0.6 is 11.3 Å². The standard InChI is InChI=1S/C29H37N3O3S/c1-19(22-14-9-15-31(2)17-22)30-25(33)18-32-27(21-12-7-4-8-13-21)26(20-10-5-3-6-11-20)23-16-24(29(34)35)36-28(23)32/h4,7-8,12-13,16,19-20,22H,3,5-6,9-11,14-15,17-18H2,1-2H3,(H,30,33)(H,34,35). The molecule has 1 saturated heterocycles. The minimum absolute atomic E-state index is 0.00900. The van der Waals surface area contributed by atoms with Gasteiger partial charge in [0, 0.05) is 18.0 Å². The van der Waals surface area contributed by atoms with Crippen LogP contribution in [0.1, 0.15) is 73.0 Å². The number of rotatable bonds is 7. The first-order chi connectivity index (χ1) is 17.4. The summed E-state index contributed by atoms with van der Waals surface area (Å²) in [5.41, 5.74) is 3.41. The molecule has 2 N–H and O–H groups in total. The van der Waals surface area contributed by atoms with Gasteiger partial charge in [0.1, 0.15) is 16.3 Å². The Kier molecular flexibility index (Phi) is 7.49. The monoisotopic (exact) mass is 507 g/mol. The lowest BCUT2D eigenvalue weighted by Gasteiger charge is -2.33. The van der Waals surface area contributed by atoms with Crippen LogP contribution in [0.3, 0.4) is 0 Å². The molecule has 7 heteroatoms. The van der Waals surface area contributed by atoms with Gasteiger partial charge in [-0.15, -0.1) is 11.3 Å². The maximum absolute atomic E-state index is 13.4. The highest BCUT2D eigenvalue weighted by molar-refractivity contribution is 7.20. The zero-order chi connectivity index (χ0) is 25.2. The maximum Gasteiger partial charge on any atom is 0.345 e. The second-order valence-electron chi connectivity index (χ2n) is 10.7. The quantitative estimate of drug-likeness (QED) is 0.414. The van der Waals surface area contributed by atoms with Crippen LogP contribution in [0, 0.1) is 5.92 Å². The van der Waals surface area contributed by atoms with E-state index in [9.17, 15) is 14.7 Å². The molecule has 0 spiro atoms. The number of carbonyl (C=O) groups is 2. The number of hydrogen-bond donors (Lipinski definition) is 2. The number of nitrogens with zero attached hydrogens (tertiary/aromatic N) is 2. The lowest BCUT2D eigenvalue weighted by Crippen LogP contribution is -2.45. The molecule has 2 unspecified atom stereocenters. The highest BCUT2D eigenvalue weighted by Crippen LogP contribution is 2.46. The van der Waals surface area contributed by atoms with Crippen LogP contribution in [0.4, 0.5) is 0 Å². The first kappa shape index (κ1) is 25.0. The van der Waals surface area contributed by atoms with Gasteiger partial charge in [-0.3, -0.25) is 4.79 Å². The van der Waals surface area contributed by atoms with Gasteiger partial charge in [-0.05, 0) is 75.2 Å². The molecule has 3 heterocycles. The van der Waals surface area contributed by atoms with Crippen molar-refractivity contribution in [3.63, 3.8) is 0 Å². The normalized spacial score (nSPS) is 20.4. The third kappa shape index (κ3) is 5.09. The smallest absolute Gasteiger partial charge is 0.345 e. The second-order valence-corrected chi connectivity index (χ2v) is 11.7. The number of aromatic nitrogens is 1. The van der Waals surface area contributed by atoms with Gasteiger partial charge in [-0.1, -0.05) is 49.6 Å². The summed E-state index contributed by atoms with van der Waals surface area (Å²) < 4.78 is 2.10. The molecule has 192 valence electrons. The van der Waals surface area contributed by atoms with E-state index in [0.717, 1.165) is 60.2 Å². The Bertz CT molecular complexity index is 1230. The molecule has 1 aromatic carbocycles. The molecule has 36 heavy (non-hydrogen) atoms. The summed E-state index contributed by atoms with van der Waals surface area (Å²) in [6.45, 7) is 4.43. The van der Waals surface area contributed by atoms with Gasteiger partial charge in [0.15, 0.2) is 0 Å². The highest BCUT2D eigenvalue weighted by atomic mass is 32.1. The lowest BCUT2D eigenvalue weighted by molar-refractivity contribution is -0.122. The van der Waals surface area contributed by atoms with Gasteiger partial charge in [0.25, 0.3) is 0 Å². The van der Waals surface area contributed by atoms with E-state index in [2.05, 4.69) is 40.9 Å². The number of piperidine rings is 1. The molecular weight excluding hydrogens is 470 g/mol. The van der Waals surface area contributed by atoms with Crippen molar-refractivity contribution >= 4 is 33.4 Å². The van der Waals surface area contributed by atoms with Crippen LogP contribution in [0.2, 0.25) is 0 Å². The molecule has 1 amide bonds. The van der Waals surface area contributed by atoms with E-state index >= 15 is 0 Å². The fourth-order valence-corrected chi connectivity index (χ4v) is 7.31. The second kappa shape index (κ2) is 10.8. The molecule has 2 aliphatic rings. The number of nitrogens with one attached hydrogen (secondary N) is 1. The average Bonchev–Trinajstić information content (AvgIpc) is 3.43. The van der Waals surface area contributed by atoms with E-state index in [1.54, 1.807) is 0 Å². The molecule has 1 aliphatic heterocycles. The van der Waals surface area contributed by atoms with Crippen LogP contribution in [0.5, 0.6) is 0 Å². The number of carboxylic acid groups (broad SMARTS) is 1. The number of thiophene rings is 1. The Morgan fingerprint density at radius 3 is 2.56 bits per heavy atom. The number of carboxylic acids is 1. The fourth-order valence-electron chi connectivity index (χ4n) is 6.29. The Morgan fingerprint density at radius 2 is 1.86 bits per heavy atom. The number of likely N-dealkylation sites (tertiary alicyclic amines) is 1. The first-order valence-electron chi connectivity index (χ1n) is 13.3. The summed E-state index contributed by atoms with van der Waals surface area (Å²) in [6.07, 6.45) is 8.14. The Morgan fingerprint density at radius 1 is 1.11 bits per heavy atom. The van der Waals surface area contributed by atoms with Crippen molar-refractivity contribution in [2.24, 2.45) is 5.92 Å². The van der Waals surface area contributed by atoms with E-state index in [1.165, 1.54) is 36.2 Å². The molecule has 2 fully saturated rings. The molecule has 3 aromatic rings. The zero-order valence-electron chi connectivity index (χ0n) is 21.3. The summed E-state index contributed by atoms with van der Waals surface area (Å²) in [6, 6.07) is 12.2. The minimum Gasteiger partial charge on any atom is -0.477 e. The van der Waals surface area contributed by atoms with Gasteiger partial charge in [-0.25, -0.2) is 4.79 Å². The molecule has 0 bridgehead atoms. The van der Waals surface area contributed by atoms with E-state index < -0.39 is 5.97 Å². The number of carbonyl (C=O) groups excluding carboxylic acids is 1. The molecule has 1 aliphatic carbocycles. The molecule has 1 saturated carbocycles. The van der Waals surface area contributed by atoms with Crippen molar-refractivity contribution in [3.8, 4) is 11.3 Å². The summed E-state index contributed by atoms with van der Waals surface area (Å²) in [7, 11) is 2.15. The van der Waals surface area contributed by atoms with E-state index in [0.29, 0.717) is 16.7 Å². The van der Waals surface area contributed by atoms with Crippen LogP contribution in [0.15, 0.2) is 36.4 Å². The average molecular weight is 508 g/mol. The summed E-state index contributed by atoms with van der Waals surface area (Å²) >= 11 is 1.29. The number of amides is 1. The number of fused-ring (bicyclic) bond motifs is 1. The largest absolute Gasteiger partial charge is 0.477 e. The van der Waals surface area contributed by atoms with Crippen LogP contribution in [-0.4, -0.2) is 52.6 Å². The molecule has 0 radical (unpaired) electrons. The van der Waals surface area contributed by atoms with E-state index in [-0.39, 0.29) is 18.5 Å². The third-order valence-electron chi connectivity index (χ3n) is 8.10. The number of hydrogen-bond acceptors (Lipinski definition) is 4. The van der Waals surface area contributed by atoms with Crippen LogP contribution < -0.4 is 5.32 Å². The number of benzene rings is 1.